The van der Waals surface area contributed by atoms with E-state index >= 15 is 0 Å². The van der Waals surface area contributed by atoms with E-state index in [0.29, 0.717) is 6.54 Å². The molecule has 0 unspecified atom stereocenters. The zero-order valence-electron chi connectivity index (χ0n) is 7.27. The van der Waals surface area contributed by atoms with Gasteiger partial charge in [0.05, 0.1) is 6.10 Å². The molecule has 1 aromatic rings. The minimum absolute atomic E-state index is 0.121. The molecule has 66 valence electrons. The second-order valence-corrected chi connectivity index (χ2v) is 3.00. The van der Waals surface area contributed by atoms with Gasteiger partial charge >= 0.3 is 0 Å². The maximum Gasteiger partial charge on any atom is 0.0728 e. The molecule has 0 aliphatic rings. The van der Waals surface area contributed by atoms with Crippen LogP contribution in [0.25, 0.3) is 0 Å². The van der Waals surface area contributed by atoms with Gasteiger partial charge in [0.15, 0.2) is 0 Å². The van der Waals surface area contributed by atoms with Crippen LogP contribution in [0.4, 0.5) is 0 Å². The summed E-state index contributed by atoms with van der Waals surface area (Å²) in [5.74, 6) is 0.121. The number of rotatable bonds is 3. The average molecular weight is 165 g/mol. The van der Waals surface area contributed by atoms with E-state index in [9.17, 15) is 5.11 Å². The van der Waals surface area contributed by atoms with Crippen LogP contribution in [0.3, 0.4) is 0 Å². The summed E-state index contributed by atoms with van der Waals surface area (Å²) >= 11 is 0. The molecule has 0 spiro atoms. The molecule has 0 radical (unpaired) electrons. The summed E-state index contributed by atoms with van der Waals surface area (Å²) in [6.45, 7) is 2.29. The van der Waals surface area contributed by atoms with Gasteiger partial charge in [0.1, 0.15) is 0 Å². The van der Waals surface area contributed by atoms with Gasteiger partial charge in [0, 0.05) is 12.5 Å². The third kappa shape index (κ3) is 2.06. The number of aliphatic hydroxyl groups excluding tert-OH is 1. The molecule has 12 heavy (non-hydrogen) atoms. The highest BCUT2D eigenvalue weighted by Crippen LogP contribution is 2.17. The lowest BCUT2D eigenvalue weighted by Crippen LogP contribution is -2.25. The Labute approximate surface area is 73.0 Å². The zero-order valence-corrected chi connectivity index (χ0v) is 7.27. The Kier molecular flexibility index (Phi) is 3.26. The highest BCUT2D eigenvalue weighted by molar-refractivity contribution is 5.19. The van der Waals surface area contributed by atoms with Crippen molar-refractivity contribution < 1.29 is 5.11 Å². The molecule has 0 aliphatic carbocycles. The first-order valence-electron chi connectivity index (χ1n) is 4.18. The fourth-order valence-corrected chi connectivity index (χ4v) is 1.18. The van der Waals surface area contributed by atoms with Gasteiger partial charge in [-0.1, -0.05) is 37.3 Å². The third-order valence-electron chi connectivity index (χ3n) is 2.14. The van der Waals surface area contributed by atoms with Crippen LogP contribution < -0.4 is 5.73 Å². The summed E-state index contributed by atoms with van der Waals surface area (Å²) < 4.78 is 0. The van der Waals surface area contributed by atoms with Crippen molar-refractivity contribution in [2.24, 2.45) is 5.73 Å². The summed E-state index contributed by atoms with van der Waals surface area (Å²) in [4.78, 5) is 0. The highest BCUT2D eigenvalue weighted by atomic mass is 16.3. The minimum atomic E-state index is -0.438. The number of aliphatic hydroxyl groups is 1. The van der Waals surface area contributed by atoms with Gasteiger partial charge in [-0.3, -0.25) is 0 Å². The lowest BCUT2D eigenvalue weighted by atomic mass is 9.96. The number of nitrogens with two attached hydrogens (primary N) is 1. The fourth-order valence-electron chi connectivity index (χ4n) is 1.18. The normalized spacial score (nSPS) is 15.6. The summed E-state index contributed by atoms with van der Waals surface area (Å²) in [5.41, 5.74) is 6.49. The fraction of sp³-hybridized carbons (Fsp3) is 0.400. The van der Waals surface area contributed by atoms with E-state index in [0.717, 1.165) is 5.56 Å². The molecule has 1 aromatic carbocycles. The molecule has 2 nitrogen and oxygen atoms in total. The van der Waals surface area contributed by atoms with Crippen LogP contribution in [0.15, 0.2) is 30.3 Å². The van der Waals surface area contributed by atoms with Crippen LogP contribution in [0.5, 0.6) is 0 Å². The van der Waals surface area contributed by atoms with E-state index < -0.39 is 6.10 Å². The van der Waals surface area contributed by atoms with Crippen molar-refractivity contribution in [2.75, 3.05) is 6.54 Å². The van der Waals surface area contributed by atoms with Crippen molar-refractivity contribution in [3.05, 3.63) is 35.9 Å². The molecule has 0 aromatic heterocycles. The Bertz CT molecular complexity index is 223. The Morgan fingerprint density at radius 2 is 1.92 bits per heavy atom. The Morgan fingerprint density at radius 3 is 2.42 bits per heavy atom. The topological polar surface area (TPSA) is 46.2 Å². The highest BCUT2D eigenvalue weighted by Gasteiger charge is 2.13. The molecule has 2 atom stereocenters. The molecule has 0 saturated carbocycles. The standard InChI is InChI=1S/C10H15NO/c1-8(10(12)7-11)9-5-3-2-4-6-9/h2-6,8,10,12H,7,11H2,1H3/t8-,10+/m1/s1. The second kappa shape index (κ2) is 4.24. The number of benzene rings is 1. The summed E-state index contributed by atoms with van der Waals surface area (Å²) in [6, 6.07) is 9.91. The number of hydrogen-bond donors (Lipinski definition) is 2. The molecule has 2 heteroatoms. The Balaban J connectivity index is 2.71. The molecule has 0 amide bonds. The van der Waals surface area contributed by atoms with Crippen LogP contribution in [0, 0.1) is 0 Å². The lowest BCUT2D eigenvalue weighted by Gasteiger charge is -2.16. The van der Waals surface area contributed by atoms with E-state index in [-0.39, 0.29) is 5.92 Å². The predicted molar refractivity (Wildman–Crippen MR) is 49.9 cm³/mol. The maximum absolute atomic E-state index is 9.45. The van der Waals surface area contributed by atoms with Gasteiger partial charge in [-0.05, 0) is 5.56 Å². The van der Waals surface area contributed by atoms with Crippen LogP contribution in [-0.4, -0.2) is 17.8 Å². The molecular weight excluding hydrogens is 150 g/mol. The second-order valence-electron chi connectivity index (χ2n) is 3.00. The monoisotopic (exact) mass is 165 g/mol. The third-order valence-corrected chi connectivity index (χ3v) is 2.14. The van der Waals surface area contributed by atoms with E-state index in [1.54, 1.807) is 0 Å². The minimum Gasteiger partial charge on any atom is -0.391 e. The van der Waals surface area contributed by atoms with E-state index in [4.69, 9.17) is 5.73 Å². The predicted octanol–water partition coefficient (Wildman–Crippen LogP) is 1.11. The number of hydrogen-bond acceptors (Lipinski definition) is 2. The van der Waals surface area contributed by atoms with Crippen LogP contribution in [0.2, 0.25) is 0 Å². The molecule has 0 heterocycles. The van der Waals surface area contributed by atoms with E-state index in [2.05, 4.69) is 0 Å². The molecule has 0 fully saturated rings. The summed E-state index contributed by atoms with van der Waals surface area (Å²) in [6.07, 6.45) is -0.438. The van der Waals surface area contributed by atoms with E-state index in [1.807, 2.05) is 37.3 Å². The first-order valence-corrected chi connectivity index (χ1v) is 4.18. The summed E-state index contributed by atoms with van der Waals surface area (Å²) in [5, 5.41) is 9.45. The Morgan fingerprint density at radius 1 is 1.33 bits per heavy atom. The SMILES string of the molecule is C[C@H](c1ccccc1)[C@@H](O)CN. The van der Waals surface area contributed by atoms with Crippen molar-refractivity contribution in [3.63, 3.8) is 0 Å². The van der Waals surface area contributed by atoms with Crippen molar-refractivity contribution in [1.82, 2.24) is 0 Å². The molecule has 3 N–H and O–H groups in total. The van der Waals surface area contributed by atoms with Gasteiger partial charge in [-0.2, -0.15) is 0 Å². The smallest absolute Gasteiger partial charge is 0.0728 e. The van der Waals surface area contributed by atoms with Crippen LogP contribution >= 0.6 is 0 Å². The first kappa shape index (κ1) is 9.23. The quantitative estimate of drug-likeness (QED) is 0.704. The van der Waals surface area contributed by atoms with Crippen molar-refractivity contribution in [2.45, 2.75) is 18.9 Å². The van der Waals surface area contributed by atoms with Crippen molar-refractivity contribution in [1.29, 1.82) is 0 Å². The maximum atomic E-state index is 9.45. The van der Waals surface area contributed by atoms with Crippen LogP contribution in [0.1, 0.15) is 18.4 Å². The largest absolute Gasteiger partial charge is 0.391 e. The van der Waals surface area contributed by atoms with E-state index in [1.165, 1.54) is 0 Å². The molecule has 0 saturated heterocycles. The van der Waals surface area contributed by atoms with Crippen LogP contribution in [-0.2, 0) is 0 Å². The average Bonchev–Trinajstić information content (AvgIpc) is 2.17. The molecule has 0 aliphatic heterocycles. The van der Waals surface area contributed by atoms with Gasteiger partial charge in [-0.15, -0.1) is 0 Å². The zero-order chi connectivity index (χ0) is 8.97. The summed E-state index contributed by atoms with van der Waals surface area (Å²) in [7, 11) is 0. The Hall–Kier alpha value is -0.860. The van der Waals surface area contributed by atoms with Gasteiger partial charge in [0.25, 0.3) is 0 Å². The first-order chi connectivity index (χ1) is 5.75. The van der Waals surface area contributed by atoms with Crippen molar-refractivity contribution in [3.8, 4) is 0 Å². The molecule has 1 rings (SSSR count). The van der Waals surface area contributed by atoms with Gasteiger partial charge in [0.2, 0.25) is 0 Å². The van der Waals surface area contributed by atoms with Gasteiger partial charge < -0.3 is 10.8 Å². The lowest BCUT2D eigenvalue weighted by molar-refractivity contribution is 0.157. The van der Waals surface area contributed by atoms with Gasteiger partial charge in [-0.25, -0.2) is 0 Å². The molecule has 0 bridgehead atoms. The molecular formula is C10H15NO. The van der Waals surface area contributed by atoms with Crippen molar-refractivity contribution >= 4 is 0 Å².